The Morgan fingerprint density at radius 3 is 2.86 bits per heavy atom. The van der Waals surface area contributed by atoms with E-state index in [0.717, 1.165) is 19.3 Å². The molecule has 0 N–H and O–H groups in total. The van der Waals surface area contributed by atoms with Crippen LogP contribution < -0.4 is 0 Å². The highest BCUT2D eigenvalue weighted by molar-refractivity contribution is 5.74. The number of nitrogens with zero attached hydrogens (tertiary/aromatic N) is 1. The number of piperidine rings is 2. The molecule has 4 bridgehead atoms. The van der Waals surface area contributed by atoms with E-state index in [1.54, 1.807) is 0 Å². The summed E-state index contributed by atoms with van der Waals surface area (Å²) in [5.41, 5.74) is 3.25. The van der Waals surface area contributed by atoms with Crippen LogP contribution in [-0.4, -0.2) is 37.1 Å². The highest BCUT2D eigenvalue weighted by Crippen LogP contribution is 2.57. The van der Waals surface area contributed by atoms with E-state index in [4.69, 9.17) is 4.74 Å². The van der Waals surface area contributed by atoms with E-state index >= 15 is 0 Å². The van der Waals surface area contributed by atoms with E-state index < -0.39 is 0 Å². The third-order valence-electron chi connectivity index (χ3n) is 6.50. The van der Waals surface area contributed by atoms with Crippen LogP contribution in [0, 0.1) is 11.8 Å². The quantitative estimate of drug-likeness (QED) is 0.742. The number of fused-ring (bicyclic) bond motifs is 2. The number of esters is 1. The number of likely N-dealkylation sites (N-methyl/N-ethyl adjacent to an activating group) is 1. The van der Waals surface area contributed by atoms with E-state index in [0.29, 0.717) is 18.0 Å². The molecule has 4 unspecified atom stereocenters. The minimum absolute atomic E-state index is 0.0220. The van der Waals surface area contributed by atoms with Crippen LogP contribution in [0.3, 0.4) is 0 Å². The predicted octanol–water partition coefficient (Wildman–Crippen LogP) is 2.38. The number of methoxy groups -OCH3 is 1. The van der Waals surface area contributed by atoms with E-state index in [1.165, 1.54) is 18.2 Å². The Morgan fingerprint density at radius 1 is 1.33 bits per heavy atom. The fraction of sp³-hybridized carbons (Fsp3) is 0.611. The topological polar surface area (TPSA) is 29.5 Å². The molecule has 1 aromatic rings. The van der Waals surface area contributed by atoms with Gasteiger partial charge in [-0.15, -0.1) is 0 Å². The summed E-state index contributed by atoms with van der Waals surface area (Å²) in [6.45, 7) is 2.41. The van der Waals surface area contributed by atoms with Crippen LogP contribution in [0.4, 0.5) is 0 Å². The van der Waals surface area contributed by atoms with E-state index in [2.05, 4.69) is 43.1 Å². The molecule has 21 heavy (non-hydrogen) atoms. The first-order valence-electron chi connectivity index (χ1n) is 7.94. The van der Waals surface area contributed by atoms with Crippen molar-refractivity contribution in [3.8, 4) is 0 Å². The minimum Gasteiger partial charge on any atom is -0.469 e. The molecule has 2 saturated heterocycles. The first-order valence-corrected chi connectivity index (χ1v) is 7.94. The second kappa shape index (κ2) is 4.33. The Balaban J connectivity index is 1.79. The SMILES string of the molecule is COC(=O)C1CC2C3Cc4ccccc4[C@@]2(C)CC1N3C. The van der Waals surface area contributed by atoms with Crippen LogP contribution in [0.25, 0.3) is 0 Å². The van der Waals surface area contributed by atoms with Crippen LogP contribution in [0.2, 0.25) is 0 Å². The molecule has 1 saturated carbocycles. The van der Waals surface area contributed by atoms with Crippen LogP contribution in [0.15, 0.2) is 24.3 Å². The van der Waals surface area contributed by atoms with Gasteiger partial charge in [0.25, 0.3) is 0 Å². The molecule has 4 aliphatic rings. The number of ether oxygens (including phenoxy) is 1. The van der Waals surface area contributed by atoms with Gasteiger partial charge >= 0.3 is 5.97 Å². The average Bonchev–Trinajstić information content (AvgIpc) is 2.50. The third kappa shape index (κ3) is 1.61. The van der Waals surface area contributed by atoms with Crippen molar-refractivity contribution in [3.63, 3.8) is 0 Å². The Labute approximate surface area is 126 Å². The van der Waals surface area contributed by atoms with Gasteiger partial charge in [0.2, 0.25) is 0 Å². The summed E-state index contributed by atoms with van der Waals surface area (Å²) in [6, 6.07) is 9.80. The van der Waals surface area contributed by atoms with Crippen molar-refractivity contribution in [1.29, 1.82) is 0 Å². The molecule has 5 atom stereocenters. The van der Waals surface area contributed by atoms with Gasteiger partial charge in [-0.2, -0.15) is 0 Å². The monoisotopic (exact) mass is 285 g/mol. The zero-order chi connectivity index (χ0) is 14.8. The van der Waals surface area contributed by atoms with Crippen LogP contribution in [-0.2, 0) is 21.4 Å². The maximum absolute atomic E-state index is 12.1. The van der Waals surface area contributed by atoms with Crippen molar-refractivity contribution in [2.75, 3.05) is 14.2 Å². The predicted molar refractivity (Wildman–Crippen MR) is 81.1 cm³/mol. The van der Waals surface area contributed by atoms with Gasteiger partial charge < -0.3 is 4.74 Å². The summed E-state index contributed by atoms with van der Waals surface area (Å²) in [5.74, 6) is 0.595. The van der Waals surface area contributed by atoms with Gasteiger partial charge in [0, 0.05) is 12.1 Å². The zero-order valence-corrected chi connectivity index (χ0v) is 13.0. The smallest absolute Gasteiger partial charge is 0.310 e. The van der Waals surface area contributed by atoms with Gasteiger partial charge in [-0.05, 0) is 48.8 Å². The lowest BCUT2D eigenvalue weighted by Gasteiger charge is -2.63. The Bertz CT molecular complexity index is 599. The lowest BCUT2D eigenvalue weighted by Crippen LogP contribution is -2.68. The maximum atomic E-state index is 12.1. The molecule has 3 heteroatoms. The lowest BCUT2D eigenvalue weighted by atomic mass is 9.50. The highest BCUT2D eigenvalue weighted by atomic mass is 16.5. The van der Waals surface area contributed by atoms with Crippen LogP contribution >= 0.6 is 0 Å². The summed E-state index contributed by atoms with van der Waals surface area (Å²) >= 11 is 0. The molecule has 2 heterocycles. The Kier molecular flexibility index (Phi) is 2.74. The summed E-state index contributed by atoms with van der Waals surface area (Å²) in [4.78, 5) is 14.6. The second-order valence-corrected chi connectivity index (χ2v) is 7.25. The van der Waals surface area contributed by atoms with Gasteiger partial charge in [0.15, 0.2) is 0 Å². The fourth-order valence-electron chi connectivity index (χ4n) is 5.44. The number of carbonyl (C=O) groups excluding carboxylic acids is 1. The number of benzene rings is 1. The molecule has 0 amide bonds. The molecule has 5 rings (SSSR count). The summed E-state index contributed by atoms with van der Waals surface area (Å²) in [6.07, 6.45) is 3.18. The molecule has 3 nitrogen and oxygen atoms in total. The molecular formula is C18H23NO2. The normalized spacial score (nSPS) is 40.7. The number of rotatable bonds is 1. The largest absolute Gasteiger partial charge is 0.469 e. The van der Waals surface area contributed by atoms with Crippen molar-refractivity contribution in [3.05, 3.63) is 35.4 Å². The summed E-state index contributed by atoms with van der Waals surface area (Å²) < 4.78 is 5.05. The van der Waals surface area contributed by atoms with Crippen molar-refractivity contribution in [2.24, 2.45) is 11.8 Å². The summed E-state index contributed by atoms with van der Waals surface area (Å²) in [7, 11) is 3.72. The second-order valence-electron chi connectivity index (χ2n) is 7.25. The molecule has 2 aliphatic heterocycles. The van der Waals surface area contributed by atoms with Crippen molar-refractivity contribution >= 4 is 5.97 Å². The average molecular weight is 285 g/mol. The molecule has 0 aromatic heterocycles. The third-order valence-corrected chi connectivity index (χ3v) is 6.50. The van der Waals surface area contributed by atoms with Crippen LogP contribution in [0.5, 0.6) is 0 Å². The minimum atomic E-state index is -0.0220. The van der Waals surface area contributed by atoms with Gasteiger partial charge in [-0.1, -0.05) is 31.2 Å². The molecule has 112 valence electrons. The first kappa shape index (κ1) is 13.3. The molecule has 0 radical (unpaired) electrons. The molecule has 1 aromatic carbocycles. The number of hydrogen-bond donors (Lipinski definition) is 0. The molecule has 3 fully saturated rings. The Morgan fingerprint density at radius 2 is 2.10 bits per heavy atom. The van der Waals surface area contributed by atoms with E-state index in [1.807, 2.05) is 0 Å². The van der Waals surface area contributed by atoms with E-state index in [9.17, 15) is 4.79 Å². The number of hydrogen-bond acceptors (Lipinski definition) is 3. The number of carbonyl (C=O) groups is 1. The standard InChI is InChI=1S/C18H23NO2/c1-18-10-16-12(17(20)21-3)9-14(18)15(19(16)2)8-11-6-4-5-7-13(11)18/h4-7,12,14-16H,8-10H2,1-3H3/t12?,14?,15?,16?,18-/m1/s1. The van der Waals surface area contributed by atoms with Crippen molar-refractivity contribution in [2.45, 2.75) is 43.7 Å². The molecule has 0 spiro atoms. The highest BCUT2D eigenvalue weighted by Gasteiger charge is 2.60. The van der Waals surface area contributed by atoms with Crippen LogP contribution in [0.1, 0.15) is 30.9 Å². The van der Waals surface area contributed by atoms with Crippen molar-refractivity contribution < 1.29 is 9.53 Å². The van der Waals surface area contributed by atoms with Gasteiger partial charge in [0.1, 0.15) is 0 Å². The lowest BCUT2D eigenvalue weighted by molar-refractivity contribution is -0.161. The van der Waals surface area contributed by atoms with Crippen molar-refractivity contribution in [1.82, 2.24) is 4.90 Å². The maximum Gasteiger partial charge on any atom is 0.310 e. The fourth-order valence-corrected chi connectivity index (χ4v) is 5.44. The van der Waals surface area contributed by atoms with Gasteiger partial charge in [-0.25, -0.2) is 0 Å². The Hall–Kier alpha value is -1.35. The summed E-state index contributed by atoms with van der Waals surface area (Å²) in [5, 5.41) is 0. The van der Waals surface area contributed by atoms with Gasteiger partial charge in [0.05, 0.1) is 13.0 Å². The zero-order valence-electron chi connectivity index (χ0n) is 13.0. The van der Waals surface area contributed by atoms with Gasteiger partial charge in [-0.3, -0.25) is 9.69 Å². The molecular weight excluding hydrogens is 262 g/mol. The molecule has 2 aliphatic carbocycles. The first-order chi connectivity index (χ1) is 10.1. The van der Waals surface area contributed by atoms with E-state index in [-0.39, 0.29) is 17.3 Å².